The molecule has 2 atom stereocenters. The van der Waals surface area contributed by atoms with Crippen molar-refractivity contribution in [2.45, 2.75) is 78.5 Å². The predicted octanol–water partition coefficient (Wildman–Crippen LogP) is 4.65. The molecule has 2 unspecified atom stereocenters. The maximum atomic E-state index is 11.8. The fourth-order valence-corrected chi connectivity index (χ4v) is 3.33. The van der Waals surface area contributed by atoms with Crippen molar-refractivity contribution < 1.29 is 9.53 Å². The van der Waals surface area contributed by atoms with E-state index < -0.39 is 5.60 Å². The summed E-state index contributed by atoms with van der Waals surface area (Å²) in [5.41, 5.74) is -0.460. The Bertz CT molecular complexity index is 480. The molecule has 0 saturated carbocycles. The van der Waals surface area contributed by atoms with Gasteiger partial charge in [0.25, 0.3) is 0 Å². The van der Waals surface area contributed by atoms with Gasteiger partial charge in [-0.25, -0.2) is 4.79 Å². The molecular formula is C18H32N2O2S. The van der Waals surface area contributed by atoms with Crippen LogP contribution in [0.25, 0.3) is 0 Å². The maximum Gasteiger partial charge on any atom is 0.407 e. The van der Waals surface area contributed by atoms with Gasteiger partial charge >= 0.3 is 6.09 Å². The molecular weight excluding hydrogens is 308 g/mol. The van der Waals surface area contributed by atoms with Gasteiger partial charge in [0.1, 0.15) is 5.60 Å². The van der Waals surface area contributed by atoms with Crippen LogP contribution in [0.2, 0.25) is 0 Å². The second kappa shape index (κ2) is 9.28. The van der Waals surface area contributed by atoms with Gasteiger partial charge in [0.05, 0.1) is 0 Å². The fourth-order valence-electron chi connectivity index (χ4n) is 2.37. The Morgan fingerprint density at radius 2 is 2.00 bits per heavy atom. The minimum absolute atomic E-state index is 0.245. The summed E-state index contributed by atoms with van der Waals surface area (Å²) in [5, 5.41) is 6.51. The van der Waals surface area contributed by atoms with Gasteiger partial charge in [-0.05, 0) is 52.7 Å². The van der Waals surface area contributed by atoms with E-state index >= 15 is 0 Å². The summed E-state index contributed by atoms with van der Waals surface area (Å²) < 4.78 is 5.30. The number of carbonyl (C=O) groups excluding carboxylic acids is 1. The average molecular weight is 341 g/mol. The first-order chi connectivity index (χ1) is 10.7. The molecule has 1 rings (SSSR count). The summed E-state index contributed by atoms with van der Waals surface area (Å²) in [6, 6.07) is 4.93. The summed E-state index contributed by atoms with van der Waals surface area (Å²) in [7, 11) is 0. The molecule has 1 aromatic heterocycles. The molecule has 2 N–H and O–H groups in total. The van der Waals surface area contributed by atoms with Crippen LogP contribution in [-0.2, 0) is 11.2 Å². The maximum absolute atomic E-state index is 11.8. The Morgan fingerprint density at radius 3 is 2.52 bits per heavy atom. The first kappa shape index (κ1) is 20.0. The van der Waals surface area contributed by atoms with Crippen molar-refractivity contribution in [3.05, 3.63) is 21.9 Å². The highest BCUT2D eigenvalue weighted by molar-refractivity contribution is 7.12. The van der Waals surface area contributed by atoms with Gasteiger partial charge < -0.3 is 15.4 Å². The van der Waals surface area contributed by atoms with Crippen LogP contribution in [-0.4, -0.2) is 24.3 Å². The van der Waals surface area contributed by atoms with E-state index in [2.05, 4.69) is 43.5 Å². The lowest BCUT2D eigenvalue weighted by molar-refractivity contribution is 0.0521. The Morgan fingerprint density at radius 1 is 1.30 bits per heavy atom. The topological polar surface area (TPSA) is 50.4 Å². The second-order valence-electron chi connectivity index (χ2n) is 6.91. The second-order valence-corrected chi connectivity index (χ2v) is 8.11. The highest BCUT2D eigenvalue weighted by Crippen LogP contribution is 2.24. The summed E-state index contributed by atoms with van der Waals surface area (Å²) in [6.45, 7) is 12.7. The highest BCUT2D eigenvalue weighted by atomic mass is 32.1. The lowest BCUT2D eigenvalue weighted by atomic mass is 10.1. The zero-order valence-electron chi connectivity index (χ0n) is 15.4. The van der Waals surface area contributed by atoms with Crippen molar-refractivity contribution in [1.82, 2.24) is 10.6 Å². The first-order valence-electron chi connectivity index (χ1n) is 8.56. The third-order valence-corrected chi connectivity index (χ3v) is 4.88. The monoisotopic (exact) mass is 340 g/mol. The van der Waals surface area contributed by atoms with Gasteiger partial charge in [-0.1, -0.05) is 20.3 Å². The van der Waals surface area contributed by atoms with Gasteiger partial charge in [-0.3, -0.25) is 0 Å². The van der Waals surface area contributed by atoms with Gasteiger partial charge in [-0.2, -0.15) is 0 Å². The molecule has 1 aromatic rings. The molecule has 0 aliphatic rings. The molecule has 0 aromatic carbocycles. The van der Waals surface area contributed by atoms with Crippen LogP contribution in [0, 0.1) is 0 Å². The molecule has 4 nitrogen and oxygen atoms in total. The van der Waals surface area contributed by atoms with Gasteiger partial charge in [0.2, 0.25) is 0 Å². The number of thiophene rings is 1. The molecule has 23 heavy (non-hydrogen) atoms. The zero-order chi connectivity index (χ0) is 17.5. The van der Waals surface area contributed by atoms with Gasteiger partial charge in [0, 0.05) is 28.4 Å². The van der Waals surface area contributed by atoms with Crippen molar-refractivity contribution in [3.8, 4) is 0 Å². The molecule has 132 valence electrons. The summed E-state index contributed by atoms with van der Waals surface area (Å²) >= 11 is 1.86. The molecule has 1 amide bonds. The molecule has 0 saturated heterocycles. The van der Waals surface area contributed by atoms with E-state index in [1.807, 2.05) is 32.1 Å². The molecule has 0 aliphatic carbocycles. The number of amides is 1. The van der Waals surface area contributed by atoms with E-state index in [1.165, 1.54) is 9.75 Å². The van der Waals surface area contributed by atoms with E-state index in [0.717, 1.165) is 19.3 Å². The number of hydrogen-bond acceptors (Lipinski definition) is 4. The summed E-state index contributed by atoms with van der Waals surface area (Å²) in [6.07, 6.45) is 2.82. The van der Waals surface area contributed by atoms with E-state index in [0.29, 0.717) is 6.54 Å². The fraction of sp³-hybridized carbons (Fsp3) is 0.722. The van der Waals surface area contributed by atoms with Gasteiger partial charge in [0.15, 0.2) is 0 Å². The largest absolute Gasteiger partial charge is 0.444 e. The third-order valence-electron chi connectivity index (χ3n) is 3.47. The molecule has 0 fully saturated rings. The van der Waals surface area contributed by atoms with Crippen LogP contribution in [0.3, 0.4) is 0 Å². The van der Waals surface area contributed by atoms with Crippen molar-refractivity contribution in [3.63, 3.8) is 0 Å². The SMILES string of the molecule is CCCC(CNC(=O)OC(C)(C)C)NC(C)c1ccc(CC)s1. The number of nitrogens with one attached hydrogen (secondary N) is 2. The van der Waals surface area contributed by atoms with Crippen LogP contribution in [0.4, 0.5) is 4.79 Å². The van der Waals surface area contributed by atoms with Crippen molar-refractivity contribution in [2.24, 2.45) is 0 Å². The first-order valence-corrected chi connectivity index (χ1v) is 9.38. The highest BCUT2D eigenvalue weighted by Gasteiger charge is 2.19. The number of alkyl carbamates (subject to hydrolysis) is 1. The van der Waals surface area contributed by atoms with Crippen molar-refractivity contribution in [1.29, 1.82) is 0 Å². The Balaban J connectivity index is 2.52. The number of aryl methyl sites for hydroxylation is 1. The Hall–Kier alpha value is -1.07. The Kier molecular flexibility index (Phi) is 8.06. The normalized spacial score (nSPS) is 14.3. The van der Waals surface area contributed by atoms with Crippen LogP contribution in [0.15, 0.2) is 12.1 Å². The van der Waals surface area contributed by atoms with E-state index in [4.69, 9.17) is 4.74 Å². The van der Waals surface area contributed by atoms with Crippen LogP contribution >= 0.6 is 11.3 Å². The number of ether oxygens (including phenoxy) is 1. The molecule has 0 radical (unpaired) electrons. The molecule has 0 aliphatic heterocycles. The zero-order valence-corrected chi connectivity index (χ0v) is 16.2. The lowest BCUT2D eigenvalue weighted by Gasteiger charge is -2.24. The van der Waals surface area contributed by atoms with Gasteiger partial charge in [-0.15, -0.1) is 11.3 Å². The Labute approximate surface area is 145 Å². The van der Waals surface area contributed by atoms with Crippen LogP contribution in [0.1, 0.15) is 70.2 Å². The summed E-state index contributed by atoms with van der Waals surface area (Å²) in [5.74, 6) is 0. The minimum Gasteiger partial charge on any atom is -0.444 e. The quantitative estimate of drug-likeness (QED) is 0.724. The van der Waals surface area contributed by atoms with Crippen molar-refractivity contribution >= 4 is 17.4 Å². The number of rotatable bonds is 8. The molecule has 0 bridgehead atoms. The smallest absolute Gasteiger partial charge is 0.407 e. The molecule has 0 spiro atoms. The minimum atomic E-state index is -0.460. The molecule has 1 heterocycles. The van der Waals surface area contributed by atoms with Crippen molar-refractivity contribution in [2.75, 3.05) is 6.54 Å². The van der Waals surface area contributed by atoms with Crippen LogP contribution in [0.5, 0.6) is 0 Å². The average Bonchev–Trinajstić information content (AvgIpc) is 2.92. The third kappa shape index (κ3) is 7.84. The molecule has 5 heteroatoms. The van der Waals surface area contributed by atoms with E-state index in [-0.39, 0.29) is 18.2 Å². The summed E-state index contributed by atoms with van der Waals surface area (Å²) in [4.78, 5) is 14.6. The van der Waals surface area contributed by atoms with E-state index in [1.54, 1.807) is 0 Å². The van der Waals surface area contributed by atoms with Crippen LogP contribution < -0.4 is 10.6 Å². The lowest BCUT2D eigenvalue weighted by Crippen LogP contribution is -2.43. The number of carbonyl (C=O) groups is 1. The standard InChI is InChI=1S/C18H32N2O2S/c1-7-9-14(12-19-17(21)22-18(4,5)6)20-13(3)16-11-10-15(8-2)23-16/h10-11,13-14,20H,7-9,12H2,1-6H3,(H,19,21). The predicted molar refractivity (Wildman–Crippen MR) is 98.2 cm³/mol. The van der Waals surface area contributed by atoms with E-state index in [9.17, 15) is 4.79 Å². The number of hydrogen-bond donors (Lipinski definition) is 2.